The van der Waals surface area contributed by atoms with E-state index in [0.29, 0.717) is 12.5 Å². The molecule has 156 valence electrons. The van der Waals surface area contributed by atoms with Gasteiger partial charge in [0.2, 0.25) is 0 Å². The van der Waals surface area contributed by atoms with Crippen LogP contribution in [-0.2, 0) is 5.60 Å². The molecule has 5 nitrogen and oxygen atoms in total. The molecule has 2 fully saturated rings. The van der Waals surface area contributed by atoms with Crippen molar-refractivity contribution in [2.24, 2.45) is 5.41 Å². The van der Waals surface area contributed by atoms with Gasteiger partial charge in [0.05, 0.1) is 18.0 Å². The third kappa shape index (κ3) is 3.45. The Kier molecular flexibility index (Phi) is 5.18. The first kappa shape index (κ1) is 20.3. The average Bonchev–Trinajstić information content (AvgIpc) is 3.13. The lowest BCUT2D eigenvalue weighted by Crippen LogP contribution is -2.63. The summed E-state index contributed by atoms with van der Waals surface area (Å²) in [6.45, 7) is 9.60. The van der Waals surface area contributed by atoms with E-state index in [9.17, 15) is 10.2 Å². The molecule has 2 atom stereocenters. The zero-order valence-electron chi connectivity index (χ0n) is 18.0. The smallest absolute Gasteiger partial charge is 0.124 e. The number of likely N-dealkylation sites (tertiary alicyclic amines) is 1. The lowest BCUT2D eigenvalue weighted by Gasteiger charge is -2.56. The molecule has 2 aliphatic rings. The van der Waals surface area contributed by atoms with Crippen molar-refractivity contribution in [3.8, 4) is 0 Å². The number of rotatable bonds is 5. The number of pyridine rings is 1. The van der Waals surface area contributed by atoms with Gasteiger partial charge in [-0.2, -0.15) is 0 Å². The van der Waals surface area contributed by atoms with E-state index in [1.165, 1.54) is 5.56 Å². The predicted molar refractivity (Wildman–Crippen MR) is 116 cm³/mol. The Morgan fingerprint density at radius 3 is 2.38 bits per heavy atom. The predicted octanol–water partition coefficient (Wildman–Crippen LogP) is 2.96. The highest BCUT2D eigenvalue weighted by Gasteiger charge is 2.55. The van der Waals surface area contributed by atoms with Crippen LogP contribution in [0.2, 0.25) is 0 Å². The molecule has 1 aromatic carbocycles. The van der Waals surface area contributed by atoms with E-state index in [1.807, 2.05) is 6.20 Å². The van der Waals surface area contributed by atoms with Crippen LogP contribution in [-0.4, -0.2) is 59.4 Å². The van der Waals surface area contributed by atoms with Crippen molar-refractivity contribution in [2.75, 3.05) is 38.1 Å². The highest BCUT2D eigenvalue weighted by molar-refractivity contribution is 5.51. The number of aliphatic hydroxyl groups is 2. The Labute approximate surface area is 174 Å². The summed E-state index contributed by atoms with van der Waals surface area (Å²) in [5.74, 6) is 0.453. The summed E-state index contributed by atoms with van der Waals surface area (Å²) in [6, 6.07) is 10.5. The molecule has 0 aliphatic carbocycles. The first-order valence-electron chi connectivity index (χ1n) is 10.6. The molecular formula is C24H33N3O2. The molecule has 3 heterocycles. The highest BCUT2D eigenvalue weighted by atomic mass is 16.3. The second kappa shape index (κ2) is 7.38. The van der Waals surface area contributed by atoms with Gasteiger partial charge < -0.3 is 20.0 Å². The minimum absolute atomic E-state index is 0.293. The van der Waals surface area contributed by atoms with Crippen LogP contribution >= 0.6 is 0 Å². The van der Waals surface area contributed by atoms with Gasteiger partial charge in [-0.25, -0.2) is 0 Å². The summed E-state index contributed by atoms with van der Waals surface area (Å²) in [5.41, 5.74) is 2.54. The van der Waals surface area contributed by atoms with Gasteiger partial charge in [0.1, 0.15) is 5.60 Å². The fourth-order valence-electron chi connectivity index (χ4n) is 5.12. The zero-order valence-corrected chi connectivity index (χ0v) is 18.0. The van der Waals surface area contributed by atoms with Gasteiger partial charge in [0.15, 0.2) is 0 Å². The van der Waals surface area contributed by atoms with E-state index in [2.05, 4.69) is 72.9 Å². The fraction of sp³-hybridized carbons (Fsp3) is 0.542. The van der Waals surface area contributed by atoms with Gasteiger partial charge in [0, 0.05) is 43.4 Å². The molecule has 2 saturated heterocycles. The lowest BCUT2D eigenvalue weighted by atomic mass is 9.62. The SMILES string of the molecule is CC(C)c1ccc(C(O)(c2cncc(N3CC[C@H](O)C3)c2)C2(C)CN(C)C2)cc1. The number of β-amino-alcohol motifs (C(OH)–C–C–N with tert-alkyl or cyclic N) is 1. The quantitative estimate of drug-likeness (QED) is 0.815. The Bertz CT molecular complexity index is 861. The third-order valence-electron chi connectivity index (χ3n) is 6.78. The highest BCUT2D eigenvalue weighted by Crippen LogP contribution is 2.50. The minimum Gasteiger partial charge on any atom is -0.391 e. The number of aromatic nitrogens is 1. The number of aliphatic hydroxyl groups excluding tert-OH is 1. The third-order valence-corrected chi connectivity index (χ3v) is 6.78. The van der Waals surface area contributed by atoms with Crippen molar-refractivity contribution in [2.45, 2.75) is 44.8 Å². The number of benzene rings is 1. The van der Waals surface area contributed by atoms with Crippen LogP contribution < -0.4 is 4.90 Å². The maximum Gasteiger partial charge on any atom is 0.124 e. The summed E-state index contributed by atoms with van der Waals surface area (Å²) in [5, 5.41) is 22.2. The Morgan fingerprint density at radius 2 is 1.83 bits per heavy atom. The van der Waals surface area contributed by atoms with Crippen LogP contribution in [0.15, 0.2) is 42.7 Å². The van der Waals surface area contributed by atoms with Gasteiger partial charge >= 0.3 is 0 Å². The summed E-state index contributed by atoms with van der Waals surface area (Å²) < 4.78 is 0. The summed E-state index contributed by atoms with van der Waals surface area (Å²) in [4.78, 5) is 8.87. The van der Waals surface area contributed by atoms with Gasteiger partial charge in [-0.1, -0.05) is 45.0 Å². The number of hydrogen-bond acceptors (Lipinski definition) is 5. The van der Waals surface area contributed by atoms with E-state index in [0.717, 1.165) is 42.9 Å². The monoisotopic (exact) mass is 395 g/mol. The van der Waals surface area contributed by atoms with Crippen LogP contribution in [0.4, 0.5) is 5.69 Å². The van der Waals surface area contributed by atoms with Crippen molar-refractivity contribution in [1.82, 2.24) is 9.88 Å². The van der Waals surface area contributed by atoms with Crippen LogP contribution in [0.1, 0.15) is 49.8 Å². The molecule has 5 heteroatoms. The molecule has 0 bridgehead atoms. The summed E-state index contributed by atoms with van der Waals surface area (Å²) in [6.07, 6.45) is 4.11. The van der Waals surface area contributed by atoms with Crippen LogP contribution in [0.5, 0.6) is 0 Å². The molecule has 2 aliphatic heterocycles. The maximum absolute atomic E-state index is 12.3. The molecule has 4 rings (SSSR count). The van der Waals surface area contributed by atoms with Gasteiger partial charge in [0.25, 0.3) is 0 Å². The van der Waals surface area contributed by atoms with Crippen LogP contribution in [0.3, 0.4) is 0 Å². The Hall–Kier alpha value is -1.95. The molecule has 2 N–H and O–H groups in total. The molecule has 29 heavy (non-hydrogen) atoms. The van der Waals surface area contributed by atoms with Crippen LogP contribution in [0, 0.1) is 5.41 Å². The average molecular weight is 396 g/mol. The lowest BCUT2D eigenvalue weighted by molar-refractivity contribution is -0.127. The Balaban J connectivity index is 1.77. The van der Waals surface area contributed by atoms with Crippen molar-refractivity contribution in [1.29, 1.82) is 0 Å². The van der Waals surface area contributed by atoms with Gasteiger partial charge in [-0.05, 0) is 36.6 Å². The first-order chi connectivity index (χ1) is 13.7. The van der Waals surface area contributed by atoms with Crippen molar-refractivity contribution in [3.63, 3.8) is 0 Å². The van der Waals surface area contributed by atoms with E-state index < -0.39 is 5.60 Å². The van der Waals surface area contributed by atoms with E-state index in [-0.39, 0.29) is 11.5 Å². The zero-order chi connectivity index (χ0) is 20.8. The molecule has 1 aromatic heterocycles. The van der Waals surface area contributed by atoms with E-state index in [4.69, 9.17) is 0 Å². The van der Waals surface area contributed by atoms with Gasteiger partial charge in [-0.15, -0.1) is 0 Å². The standard InChI is InChI=1S/C24H33N3O2/c1-17(2)18-5-7-19(8-6-18)24(29,23(3)15-26(4)16-23)20-11-21(13-25-12-20)27-10-9-22(28)14-27/h5-8,11-13,17,22,28-29H,9-10,14-16H2,1-4H3/t22-,24?/m0/s1. The summed E-state index contributed by atoms with van der Waals surface area (Å²) in [7, 11) is 2.09. The first-order valence-corrected chi connectivity index (χ1v) is 10.6. The fourth-order valence-corrected chi connectivity index (χ4v) is 5.12. The van der Waals surface area contributed by atoms with Crippen molar-refractivity contribution in [3.05, 3.63) is 59.4 Å². The maximum atomic E-state index is 12.3. The molecule has 0 spiro atoms. The largest absolute Gasteiger partial charge is 0.391 e. The Morgan fingerprint density at radius 1 is 1.14 bits per heavy atom. The van der Waals surface area contributed by atoms with Crippen LogP contribution in [0.25, 0.3) is 0 Å². The van der Waals surface area contributed by atoms with E-state index >= 15 is 0 Å². The molecule has 0 radical (unpaired) electrons. The second-order valence-corrected chi connectivity index (χ2v) is 9.54. The normalized spacial score (nSPS) is 23.8. The molecular weight excluding hydrogens is 362 g/mol. The minimum atomic E-state index is -1.13. The molecule has 2 aromatic rings. The molecule has 1 unspecified atom stereocenters. The number of hydrogen-bond donors (Lipinski definition) is 2. The summed E-state index contributed by atoms with van der Waals surface area (Å²) >= 11 is 0. The van der Waals surface area contributed by atoms with Crippen molar-refractivity contribution >= 4 is 5.69 Å². The molecule has 0 saturated carbocycles. The second-order valence-electron chi connectivity index (χ2n) is 9.54. The molecule has 0 amide bonds. The number of anilines is 1. The topological polar surface area (TPSA) is 59.8 Å². The number of nitrogens with zero attached hydrogens (tertiary/aromatic N) is 3. The van der Waals surface area contributed by atoms with Crippen molar-refractivity contribution < 1.29 is 10.2 Å². The van der Waals surface area contributed by atoms with E-state index in [1.54, 1.807) is 6.20 Å². The van der Waals surface area contributed by atoms with Gasteiger partial charge in [-0.3, -0.25) is 4.98 Å².